The van der Waals surface area contributed by atoms with Gasteiger partial charge in [-0.2, -0.15) is 0 Å². The summed E-state index contributed by atoms with van der Waals surface area (Å²) >= 11 is 0. The summed E-state index contributed by atoms with van der Waals surface area (Å²) in [6, 6.07) is 5.96. The van der Waals surface area contributed by atoms with Gasteiger partial charge in [0.05, 0.1) is 0 Å². The number of rotatable bonds is 3. The summed E-state index contributed by atoms with van der Waals surface area (Å²) in [6.45, 7) is 5.25. The molecule has 0 amide bonds. The van der Waals surface area contributed by atoms with Crippen molar-refractivity contribution in [1.82, 2.24) is 5.32 Å². The fourth-order valence-electron chi connectivity index (χ4n) is 2.29. The van der Waals surface area contributed by atoms with Crippen LogP contribution in [0.15, 0.2) is 18.2 Å². The van der Waals surface area contributed by atoms with Gasteiger partial charge in [-0.1, -0.05) is 26.0 Å². The van der Waals surface area contributed by atoms with Crippen molar-refractivity contribution in [1.29, 1.82) is 0 Å². The lowest BCUT2D eigenvalue weighted by atomic mass is 10.0. The minimum atomic E-state index is -0.0282. The molecule has 0 bridgehead atoms. The first-order valence-electron chi connectivity index (χ1n) is 5.69. The Kier molecular flexibility index (Phi) is 3.06. The molecule has 1 aliphatic rings. The van der Waals surface area contributed by atoms with Crippen LogP contribution in [-0.4, -0.2) is 12.6 Å². The second-order valence-corrected chi connectivity index (χ2v) is 4.61. The van der Waals surface area contributed by atoms with Gasteiger partial charge in [0.1, 0.15) is 5.82 Å². The Labute approximate surface area is 90.7 Å². The maximum absolute atomic E-state index is 13.4. The molecule has 82 valence electrons. The molecule has 0 aromatic heterocycles. The fourth-order valence-corrected chi connectivity index (χ4v) is 2.29. The quantitative estimate of drug-likeness (QED) is 0.803. The summed E-state index contributed by atoms with van der Waals surface area (Å²) in [6.07, 6.45) is 1.97. The molecular weight excluding hydrogens is 189 g/mol. The molecule has 1 atom stereocenters. The van der Waals surface area contributed by atoms with Gasteiger partial charge in [0.25, 0.3) is 0 Å². The third-order valence-corrected chi connectivity index (χ3v) is 3.11. The molecule has 0 saturated heterocycles. The molecule has 2 rings (SSSR count). The Hall–Kier alpha value is -0.890. The maximum Gasteiger partial charge on any atom is 0.126 e. The van der Waals surface area contributed by atoms with Gasteiger partial charge in [-0.3, -0.25) is 0 Å². The van der Waals surface area contributed by atoms with E-state index in [1.54, 1.807) is 6.07 Å². The SMILES string of the molecule is CC(C)NCC1CCc2c(F)cccc21. The Bertz CT molecular complexity index is 346. The van der Waals surface area contributed by atoms with E-state index in [1.807, 2.05) is 6.07 Å². The van der Waals surface area contributed by atoms with E-state index < -0.39 is 0 Å². The highest BCUT2D eigenvalue weighted by Gasteiger charge is 2.24. The lowest BCUT2D eigenvalue weighted by Crippen LogP contribution is -2.27. The molecule has 1 aromatic rings. The highest BCUT2D eigenvalue weighted by Crippen LogP contribution is 2.33. The van der Waals surface area contributed by atoms with Crippen LogP contribution in [0.4, 0.5) is 4.39 Å². The second kappa shape index (κ2) is 4.31. The van der Waals surface area contributed by atoms with Gasteiger partial charge in [-0.15, -0.1) is 0 Å². The van der Waals surface area contributed by atoms with Gasteiger partial charge in [0.2, 0.25) is 0 Å². The Morgan fingerprint density at radius 2 is 2.27 bits per heavy atom. The number of nitrogens with one attached hydrogen (secondary N) is 1. The van der Waals surface area contributed by atoms with Gasteiger partial charge in [0, 0.05) is 12.6 Å². The molecule has 0 fully saturated rings. The van der Waals surface area contributed by atoms with Crippen molar-refractivity contribution < 1.29 is 4.39 Å². The van der Waals surface area contributed by atoms with Crippen LogP contribution in [0.2, 0.25) is 0 Å². The van der Waals surface area contributed by atoms with E-state index in [0.29, 0.717) is 12.0 Å². The second-order valence-electron chi connectivity index (χ2n) is 4.61. The predicted octanol–water partition coefficient (Wildman–Crippen LogP) is 2.85. The molecule has 15 heavy (non-hydrogen) atoms. The summed E-state index contributed by atoms with van der Waals surface area (Å²) in [5, 5.41) is 3.43. The summed E-state index contributed by atoms with van der Waals surface area (Å²) in [5.74, 6) is 0.470. The van der Waals surface area contributed by atoms with E-state index in [-0.39, 0.29) is 5.82 Å². The summed E-state index contributed by atoms with van der Waals surface area (Å²) in [4.78, 5) is 0. The van der Waals surface area contributed by atoms with Crippen LogP contribution in [0.5, 0.6) is 0 Å². The van der Waals surface area contributed by atoms with Crippen LogP contribution in [0.3, 0.4) is 0 Å². The minimum absolute atomic E-state index is 0.0282. The zero-order valence-electron chi connectivity index (χ0n) is 9.39. The van der Waals surface area contributed by atoms with E-state index >= 15 is 0 Å². The summed E-state index contributed by atoms with van der Waals surface area (Å²) < 4.78 is 13.4. The molecule has 1 aliphatic carbocycles. The standard InChI is InChI=1S/C13H18FN/c1-9(2)15-8-10-6-7-12-11(10)4-3-5-13(12)14/h3-5,9-10,15H,6-8H2,1-2H3. The van der Waals surface area contributed by atoms with E-state index in [4.69, 9.17) is 0 Å². The molecule has 1 nitrogen and oxygen atoms in total. The molecule has 2 heteroatoms. The fraction of sp³-hybridized carbons (Fsp3) is 0.538. The van der Waals surface area contributed by atoms with Gasteiger partial charge in [-0.25, -0.2) is 4.39 Å². The third-order valence-electron chi connectivity index (χ3n) is 3.11. The Morgan fingerprint density at radius 1 is 1.47 bits per heavy atom. The molecule has 0 spiro atoms. The number of halogens is 1. The van der Waals surface area contributed by atoms with Crippen molar-refractivity contribution >= 4 is 0 Å². The van der Waals surface area contributed by atoms with Gasteiger partial charge in [0.15, 0.2) is 0 Å². The number of benzene rings is 1. The number of hydrogen-bond acceptors (Lipinski definition) is 1. The average molecular weight is 207 g/mol. The van der Waals surface area contributed by atoms with Crippen LogP contribution in [0, 0.1) is 5.82 Å². The average Bonchev–Trinajstić information content (AvgIpc) is 2.59. The van der Waals surface area contributed by atoms with Crippen LogP contribution >= 0.6 is 0 Å². The maximum atomic E-state index is 13.4. The molecule has 0 heterocycles. The third kappa shape index (κ3) is 2.20. The molecule has 0 aliphatic heterocycles. The smallest absolute Gasteiger partial charge is 0.126 e. The predicted molar refractivity (Wildman–Crippen MR) is 60.6 cm³/mol. The highest BCUT2D eigenvalue weighted by molar-refractivity contribution is 5.36. The first-order chi connectivity index (χ1) is 7.18. The van der Waals surface area contributed by atoms with Gasteiger partial charge < -0.3 is 5.32 Å². The Morgan fingerprint density at radius 3 is 3.00 bits per heavy atom. The summed E-state index contributed by atoms with van der Waals surface area (Å²) in [7, 11) is 0. The first kappa shape index (κ1) is 10.6. The number of fused-ring (bicyclic) bond motifs is 1. The van der Waals surface area contributed by atoms with Crippen molar-refractivity contribution in [3.05, 3.63) is 35.1 Å². The minimum Gasteiger partial charge on any atom is -0.314 e. The van der Waals surface area contributed by atoms with Gasteiger partial charge >= 0.3 is 0 Å². The molecule has 0 radical (unpaired) electrons. The highest BCUT2D eigenvalue weighted by atomic mass is 19.1. The van der Waals surface area contributed by atoms with Crippen molar-refractivity contribution in [2.75, 3.05) is 6.54 Å². The molecule has 1 N–H and O–H groups in total. The number of hydrogen-bond donors (Lipinski definition) is 1. The molecule has 1 aromatic carbocycles. The van der Waals surface area contributed by atoms with Crippen LogP contribution < -0.4 is 5.32 Å². The van der Waals surface area contributed by atoms with Crippen LogP contribution in [0.25, 0.3) is 0 Å². The summed E-state index contributed by atoms with van der Waals surface area (Å²) in [5.41, 5.74) is 2.15. The van der Waals surface area contributed by atoms with Crippen molar-refractivity contribution in [2.24, 2.45) is 0 Å². The van der Waals surface area contributed by atoms with Gasteiger partial charge in [-0.05, 0) is 36.0 Å². The van der Waals surface area contributed by atoms with Crippen molar-refractivity contribution in [3.63, 3.8) is 0 Å². The van der Waals surface area contributed by atoms with E-state index in [9.17, 15) is 4.39 Å². The van der Waals surface area contributed by atoms with Crippen molar-refractivity contribution in [2.45, 2.75) is 38.6 Å². The zero-order chi connectivity index (χ0) is 10.8. The van der Waals surface area contributed by atoms with E-state index in [2.05, 4.69) is 25.2 Å². The van der Waals surface area contributed by atoms with Crippen LogP contribution in [-0.2, 0) is 6.42 Å². The lowest BCUT2D eigenvalue weighted by molar-refractivity contribution is 0.527. The molecule has 1 unspecified atom stereocenters. The first-order valence-corrected chi connectivity index (χ1v) is 5.69. The lowest BCUT2D eigenvalue weighted by Gasteiger charge is -2.14. The monoisotopic (exact) mass is 207 g/mol. The van der Waals surface area contributed by atoms with E-state index in [1.165, 1.54) is 5.56 Å². The topological polar surface area (TPSA) is 12.0 Å². The molecular formula is C13H18FN. The largest absolute Gasteiger partial charge is 0.314 e. The normalized spacial score (nSPS) is 19.6. The Balaban J connectivity index is 2.11. The van der Waals surface area contributed by atoms with Crippen molar-refractivity contribution in [3.8, 4) is 0 Å². The van der Waals surface area contributed by atoms with E-state index in [0.717, 1.165) is 24.9 Å². The van der Waals surface area contributed by atoms with Crippen LogP contribution in [0.1, 0.15) is 37.3 Å². The molecule has 0 saturated carbocycles. The zero-order valence-corrected chi connectivity index (χ0v) is 9.39.